The van der Waals surface area contributed by atoms with Crippen molar-refractivity contribution in [1.82, 2.24) is 8.75 Å². The molecule has 0 saturated carbocycles. The van der Waals surface area contributed by atoms with Gasteiger partial charge in [-0.25, -0.2) is 4.39 Å². The zero-order valence-corrected chi connectivity index (χ0v) is 8.83. The van der Waals surface area contributed by atoms with Gasteiger partial charge >= 0.3 is 0 Å². The molecule has 0 aliphatic rings. The van der Waals surface area contributed by atoms with E-state index in [1.807, 2.05) is 0 Å². The smallest absolute Gasteiger partial charge is 0.124 e. The molecule has 1 heterocycles. The van der Waals surface area contributed by atoms with E-state index in [1.54, 1.807) is 13.0 Å². The summed E-state index contributed by atoms with van der Waals surface area (Å²) in [4.78, 5) is 0. The van der Waals surface area contributed by atoms with Crippen molar-refractivity contribution < 1.29 is 9.50 Å². The standard InChI is InChI=1S/C10H9FN2OS/c1-6-2-7(4-8(11)3-6)10(14)9-5-12-15-13-9/h2-5,10,14H,1H3. The minimum Gasteiger partial charge on any atom is -0.382 e. The third-order valence-corrected chi connectivity index (χ3v) is 2.53. The van der Waals surface area contributed by atoms with Crippen LogP contribution in [0, 0.1) is 12.7 Å². The lowest BCUT2D eigenvalue weighted by Gasteiger charge is -2.08. The minimum absolute atomic E-state index is 0.354. The van der Waals surface area contributed by atoms with Gasteiger partial charge in [-0.2, -0.15) is 8.75 Å². The highest BCUT2D eigenvalue weighted by Crippen LogP contribution is 2.22. The molecule has 0 aliphatic carbocycles. The molecule has 0 saturated heterocycles. The van der Waals surface area contributed by atoms with Crippen LogP contribution in [-0.2, 0) is 0 Å². The first-order valence-electron chi connectivity index (χ1n) is 4.39. The van der Waals surface area contributed by atoms with Crippen molar-refractivity contribution in [2.45, 2.75) is 13.0 Å². The van der Waals surface area contributed by atoms with Crippen LogP contribution in [0.2, 0.25) is 0 Å². The number of benzene rings is 1. The quantitative estimate of drug-likeness (QED) is 0.849. The molecule has 1 aromatic heterocycles. The Bertz CT molecular complexity index is 438. The van der Waals surface area contributed by atoms with Gasteiger partial charge in [0, 0.05) is 0 Å². The minimum atomic E-state index is -0.904. The van der Waals surface area contributed by atoms with Crippen molar-refractivity contribution in [2.75, 3.05) is 0 Å². The maximum absolute atomic E-state index is 13.1. The van der Waals surface area contributed by atoms with Crippen LogP contribution >= 0.6 is 11.7 Å². The Labute approximate surface area is 90.5 Å². The number of nitrogens with zero attached hydrogens (tertiary/aromatic N) is 2. The van der Waals surface area contributed by atoms with Crippen LogP contribution in [0.1, 0.15) is 22.9 Å². The molecule has 5 heteroatoms. The molecule has 1 unspecified atom stereocenters. The molecule has 0 bridgehead atoms. The van der Waals surface area contributed by atoms with Crippen LogP contribution in [-0.4, -0.2) is 13.9 Å². The maximum atomic E-state index is 13.1. The van der Waals surface area contributed by atoms with Gasteiger partial charge in [0.1, 0.15) is 17.6 Å². The summed E-state index contributed by atoms with van der Waals surface area (Å²) in [5, 5.41) is 9.87. The molecule has 2 rings (SSSR count). The summed E-state index contributed by atoms with van der Waals surface area (Å²) in [5.41, 5.74) is 1.72. The Balaban J connectivity index is 2.37. The highest BCUT2D eigenvalue weighted by Gasteiger charge is 2.14. The van der Waals surface area contributed by atoms with E-state index in [0.29, 0.717) is 11.3 Å². The molecule has 1 atom stereocenters. The van der Waals surface area contributed by atoms with Crippen molar-refractivity contribution in [3.63, 3.8) is 0 Å². The number of rotatable bonds is 2. The van der Waals surface area contributed by atoms with E-state index in [-0.39, 0.29) is 5.82 Å². The SMILES string of the molecule is Cc1cc(F)cc(C(O)c2cnsn2)c1. The molecule has 1 aromatic carbocycles. The molecule has 3 nitrogen and oxygen atoms in total. The average molecular weight is 224 g/mol. The van der Waals surface area contributed by atoms with E-state index < -0.39 is 6.10 Å². The normalized spacial score (nSPS) is 12.7. The van der Waals surface area contributed by atoms with E-state index in [4.69, 9.17) is 0 Å². The van der Waals surface area contributed by atoms with Crippen molar-refractivity contribution in [2.24, 2.45) is 0 Å². The van der Waals surface area contributed by atoms with Gasteiger partial charge in [0.25, 0.3) is 0 Å². The van der Waals surface area contributed by atoms with Crippen LogP contribution in [0.15, 0.2) is 24.4 Å². The molecule has 2 aromatic rings. The average Bonchev–Trinajstić information content (AvgIpc) is 2.67. The summed E-state index contributed by atoms with van der Waals surface area (Å²) in [6.07, 6.45) is 0.577. The van der Waals surface area contributed by atoms with E-state index in [1.165, 1.54) is 18.3 Å². The summed E-state index contributed by atoms with van der Waals surface area (Å²) in [7, 11) is 0. The highest BCUT2D eigenvalue weighted by atomic mass is 32.1. The first-order chi connectivity index (χ1) is 7.16. The van der Waals surface area contributed by atoms with Gasteiger partial charge < -0.3 is 5.11 Å². The van der Waals surface area contributed by atoms with E-state index in [0.717, 1.165) is 17.3 Å². The van der Waals surface area contributed by atoms with Crippen molar-refractivity contribution in [1.29, 1.82) is 0 Å². The van der Waals surface area contributed by atoms with Crippen LogP contribution < -0.4 is 0 Å². The van der Waals surface area contributed by atoms with Crippen LogP contribution in [0.25, 0.3) is 0 Å². The largest absolute Gasteiger partial charge is 0.382 e. The zero-order chi connectivity index (χ0) is 10.8. The summed E-state index contributed by atoms with van der Waals surface area (Å²) in [5.74, 6) is -0.354. The number of aliphatic hydroxyl groups excluding tert-OH is 1. The fourth-order valence-corrected chi connectivity index (χ4v) is 1.83. The van der Waals surface area contributed by atoms with Crippen molar-refractivity contribution in [3.8, 4) is 0 Å². The number of halogens is 1. The van der Waals surface area contributed by atoms with Gasteiger partial charge in [0.15, 0.2) is 0 Å². The van der Waals surface area contributed by atoms with Crippen molar-refractivity contribution in [3.05, 3.63) is 47.0 Å². The number of aromatic nitrogens is 2. The second-order valence-corrected chi connectivity index (χ2v) is 3.85. The van der Waals surface area contributed by atoms with Crippen LogP contribution in [0.5, 0.6) is 0 Å². The summed E-state index contributed by atoms with van der Waals surface area (Å²) < 4.78 is 20.8. The molecule has 0 radical (unpaired) electrons. The van der Waals surface area contributed by atoms with E-state index in [9.17, 15) is 9.50 Å². The second-order valence-electron chi connectivity index (χ2n) is 3.30. The Morgan fingerprint density at radius 3 is 2.80 bits per heavy atom. The van der Waals surface area contributed by atoms with Crippen LogP contribution in [0.3, 0.4) is 0 Å². The highest BCUT2D eigenvalue weighted by molar-refractivity contribution is 6.99. The first kappa shape index (κ1) is 10.2. The van der Waals surface area contributed by atoms with Crippen LogP contribution in [0.4, 0.5) is 4.39 Å². The zero-order valence-electron chi connectivity index (χ0n) is 8.01. The number of hydrogen-bond donors (Lipinski definition) is 1. The topological polar surface area (TPSA) is 46.0 Å². The predicted octanol–water partition coefficient (Wildman–Crippen LogP) is 2.07. The van der Waals surface area contributed by atoms with Gasteiger partial charge in [-0.05, 0) is 30.2 Å². The lowest BCUT2D eigenvalue weighted by molar-refractivity contribution is 0.216. The lowest BCUT2D eigenvalue weighted by Crippen LogP contribution is -2.00. The fourth-order valence-electron chi connectivity index (χ4n) is 1.39. The Morgan fingerprint density at radius 2 is 2.20 bits per heavy atom. The third kappa shape index (κ3) is 2.19. The maximum Gasteiger partial charge on any atom is 0.124 e. The predicted molar refractivity (Wildman–Crippen MR) is 55.1 cm³/mol. The fraction of sp³-hybridized carbons (Fsp3) is 0.200. The summed E-state index contributed by atoms with van der Waals surface area (Å²) >= 11 is 1.02. The Hall–Kier alpha value is -1.33. The molecule has 0 aliphatic heterocycles. The molecular weight excluding hydrogens is 215 g/mol. The van der Waals surface area contributed by atoms with Gasteiger partial charge in [-0.1, -0.05) is 6.07 Å². The number of aryl methyl sites for hydroxylation is 1. The first-order valence-corrected chi connectivity index (χ1v) is 5.12. The number of aliphatic hydroxyl groups is 1. The molecule has 1 N–H and O–H groups in total. The summed E-state index contributed by atoms with van der Waals surface area (Å²) in [6.45, 7) is 1.78. The third-order valence-electron chi connectivity index (χ3n) is 2.04. The molecule has 78 valence electrons. The molecule has 0 spiro atoms. The van der Waals surface area contributed by atoms with Gasteiger partial charge in [-0.15, -0.1) is 0 Å². The molecule has 15 heavy (non-hydrogen) atoms. The Kier molecular flexibility index (Phi) is 2.75. The molecule has 0 fully saturated rings. The number of hydrogen-bond acceptors (Lipinski definition) is 4. The van der Waals surface area contributed by atoms with Gasteiger partial charge in [-0.3, -0.25) is 0 Å². The van der Waals surface area contributed by atoms with Crippen molar-refractivity contribution >= 4 is 11.7 Å². The second kappa shape index (κ2) is 4.04. The monoisotopic (exact) mass is 224 g/mol. The lowest BCUT2D eigenvalue weighted by atomic mass is 10.0. The van der Waals surface area contributed by atoms with Gasteiger partial charge in [0.2, 0.25) is 0 Å². The molecule has 0 amide bonds. The van der Waals surface area contributed by atoms with E-state index in [2.05, 4.69) is 8.75 Å². The Morgan fingerprint density at radius 1 is 1.40 bits per heavy atom. The van der Waals surface area contributed by atoms with E-state index >= 15 is 0 Å². The van der Waals surface area contributed by atoms with Gasteiger partial charge in [0.05, 0.1) is 17.9 Å². The summed E-state index contributed by atoms with van der Waals surface area (Å²) in [6, 6.07) is 4.44. The molecular formula is C10H9FN2OS.